The van der Waals surface area contributed by atoms with E-state index >= 15 is 0 Å². The highest BCUT2D eigenvalue weighted by Crippen LogP contribution is 2.45. The first-order chi connectivity index (χ1) is 17.8. The zero-order chi connectivity index (χ0) is 26.7. The Kier molecular flexibility index (Phi) is 7.53. The summed E-state index contributed by atoms with van der Waals surface area (Å²) in [7, 11) is 3.11. The standard InChI is InChI=1S/C30H31NO6/c1-6-14-37-21-11-9-10-20(17-21)31-27(22-12-7-8-13-24(22)35-4)26(29(33)30(31)34)28(32)23-15-19(3)25(36-5)16-18(23)2/h7-13,15-17,27,32H,6,14H2,1-5H3/b28-26+. The van der Waals surface area contributed by atoms with E-state index in [4.69, 9.17) is 14.2 Å². The van der Waals surface area contributed by atoms with Crippen LogP contribution in [0, 0.1) is 13.8 Å². The lowest BCUT2D eigenvalue weighted by molar-refractivity contribution is -0.132. The number of anilines is 1. The molecule has 4 rings (SSSR count). The normalized spacial score (nSPS) is 16.7. The van der Waals surface area contributed by atoms with Gasteiger partial charge in [-0.25, -0.2) is 0 Å². The van der Waals surface area contributed by atoms with Gasteiger partial charge in [0.05, 0.1) is 32.4 Å². The highest BCUT2D eigenvalue weighted by atomic mass is 16.5. The molecular weight excluding hydrogens is 470 g/mol. The number of nitrogens with zero attached hydrogens (tertiary/aromatic N) is 1. The Labute approximate surface area is 216 Å². The number of carbonyl (C=O) groups excluding carboxylic acids is 2. The van der Waals surface area contributed by atoms with Crippen LogP contribution in [0.4, 0.5) is 5.69 Å². The molecular formula is C30H31NO6. The number of benzene rings is 3. The van der Waals surface area contributed by atoms with Gasteiger partial charge in [0, 0.05) is 22.9 Å². The van der Waals surface area contributed by atoms with Gasteiger partial charge in [-0.1, -0.05) is 31.2 Å². The van der Waals surface area contributed by atoms with Crippen LogP contribution in [0.3, 0.4) is 0 Å². The molecule has 0 aromatic heterocycles. The molecule has 3 aromatic carbocycles. The summed E-state index contributed by atoms with van der Waals surface area (Å²) in [6, 6.07) is 16.9. The number of amides is 1. The van der Waals surface area contributed by atoms with Crippen molar-refractivity contribution >= 4 is 23.1 Å². The first kappa shape index (κ1) is 25.8. The van der Waals surface area contributed by atoms with Crippen LogP contribution >= 0.6 is 0 Å². The molecule has 192 valence electrons. The zero-order valence-electron chi connectivity index (χ0n) is 21.7. The van der Waals surface area contributed by atoms with Crippen LogP contribution in [0.15, 0.2) is 66.2 Å². The van der Waals surface area contributed by atoms with Gasteiger partial charge in [-0.05, 0) is 61.7 Å². The highest BCUT2D eigenvalue weighted by Gasteiger charge is 2.48. The van der Waals surface area contributed by atoms with E-state index in [0.717, 1.165) is 12.0 Å². The maximum absolute atomic E-state index is 13.6. The van der Waals surface area contributed by atoms with Gasteiger partial charge in [-0.3, -0.25) is 14.5 Å². The van der Waals surface area contributed by atoms with Crippen LogP contribution in [-0.4, -0.2) is 37.6 Å². The average molecular weight is 502 g/mol. The summed E-state index contributed by atoms with van der Waals surface area (Å²) in [5.74, 6) is -0.0276. The molecule has 0 aliphatic carbocycles. The van der Waals surface area contributed by atoms with Crippen LogP contribution in [0.5, 0.6) is 17.2 Å². The topological polar surface area (TPSA) is 85.3 Å². The predicted octanol–water partition coefficient (Wildman–Crippen LogP) is 5.74. The van der Waals surface area contributed by atoms with E-state index in [9.17, 15) is 14.7 Å². The molecule has 1 saturated heterocycles. The molecule has 0 bridgehead atoms. The molecule has 1 amide bonds. The minimum absolute atomic E-state index is 0.0120. The second kappa shape index (κ2) is 10.8. The summed E-state index contributed by atoms with van der Waals surface area (Å²) in [5, 5.41) is 11.6. The Balaban J connectivity index is 1.96. The quantitative estimate of drug-likeness (QED) is 0.241. The van der Waals surface area contributed by atoms with Crippen LogP contribution < -0.4 is 19.1 Å². The van der Waals surface area contributed by atoms with Crippen molar-refractivity contribution in [3.8, 4) is 17.2 Å². The fraction of sp³-hybridized carbons (Fsp3) is 0.267. The van der Waals surface area contributed by atoms with E-state index in [1.54, 1.807) is 55.6 Å². The van der Waals surface area contributed by atoms with E-state index in [1.807, 2.05) is 32.9 Å². The molecule has 0 saturated carbocycles. The lowest BCUT2D eigenvalue weighted by Gasteiger charge is -2.27. The fourth-order valence-corrected chi connectivity index (χ4v) is 4.64. The number of hydrogen-bond donors (Lipinski definition) is 1. The number of aliphatic hydroxyl groups excluding tert-OH is 1. The van der Waals surface area contributed by atoms with E-state index in [2.05, 4.69) is 0 Å². The Hall–Kier alpha value is -4.26. The van der Waals surface area contributed by atoms with Crippen LogP contribution in [-0.2, 0) is 9.59 Å². The molecule has 1 aliphatic heterocycles. The Morgan fingerprint density at radius 1 is 0.919 bits per heavy atom. The summed E-state index contributed by atoms with van der Waals surface area (Å²) < 4.78 is 16.8. The Morgan fingerprint density at radius 3 is 2.35 bits per heavy atom. The van der Waals surface area contributed by atoms with Gasteiger partial charge in [0.15, 0.2) is 0 Å². The monoisotopic (exact) mass is 501 g/mol. The number of rotatable bonds is 8. The number of carbonyl (C=O) groups is 2. The van der Waals surface area contributed by atoms with Crippen molar-refractivity contribution in [2.75, 3.05) is 25.7 Å². The smallest absolute Gasteiger partial charge is 0.300 e. The molecule has 1 fully saturated rings. The second-order valence-electron chi connectivity index (χ2n) is 8.89. The third kappa shape index (κ3) is 4.77. The van der Waals surface area contributed by atoms with Crippen molar-refractivity contribution in [2.24, 2.45) is 0 Å². The predicted molar refractivity (Wildman–Crippen MR) is 142 cm³/mol. The number of aryl methyl sites for hydroxylation is 2. The average Bonchev–Trinajstić information content (AvgIpc) is 3.18. The van der Waals surface area contributed by atoms with Crippen molar-refractivity contribution in [2.45, 2.75) is 33.2 Å². The molecule has 0 radical (unpaired) electrons. The molecule has 1 heterocycles. The van der Waals surface area contributed by atoms with Gasteiger partial charge in [-0.15, -0.1) is 0 Å². The van der Waals surface area contributed by atoms with Crippen molar-refractivity contribution in [1.29, 1.82) is 0 Å². The van der Waals surface area contributed by atoms with Crippen LogP contribution in [0.25, 0.3) is 5.76 Å². The Bertz CT molecular complexity index is 1380. The lowest BCUT2D eigenvalue weighted by atomic mass is 9.92. The first-order valence-corrected chi connectivity index (χ1v) is 12.1. The molecule has 7 nitrogen and oxygen atoms in total. The summed E-state index contributed by atoms with van der Waals surface area (Å²) in [4.78, 5) is 28.5. The molecule has 1 unspecified atom stereocenters. The fourth-order valence-electron chi connectivity index (χ4n) is 4.64. The van der Waals surface area contributed by atoms with Gasteiger partial charge in [-0.2, -0.15) is 0 Å². The second-order valence-corrected chi connectivity index (χ2v) is 8.89. The number of aliphatic hydroxyl groups is 1. The van der Waals surface area contributed by atoms with Gasteiger partial charge < -0.3 is 19.3 Å². The largest absolute Gasteiger partial charge is 0.507 e. The minimum atomic E-state index is -0.917. The first-order valence-electron chi connectivity index (χ1n) is 12.1. The third-order valence-corrected chi connectivity index (χ3v) is 6.44. The third-order valence-electron chi connectivity index (χ3n) is 6.44. The molecule has 3 aromatic rings. The summed E-state index contributed by atoms with van der Waals surface area (Å²) in [6.07, 6.45) is 0.830. The van der Waals surface area contributed by atoms with E-state index in [1.165, 1.54) is 12.0 Å². The van der Waals surface area contributed by atoms with Crippen molar-refractivity contribution in [1.82, 2.24) is 0 Å². The maximum atomic E-state index is 13.6. The summed E-state index contributed by atoms with van der Waals surface area (Å²) >= 11 is 0. The number of para-hydroxylation sites is 1. The van der Waals surface area contributed by atoms with Gasteiger partial charge in [0.1, 0.15) is 23.0 Å². The number of methoxy groups -OCH3 is 2. The molecule has 7 heteroatoms. The number of ether oxygens (including phenoxy) is 3. The molecule has 1 aliphatic rings. The van der Waals surface area contributed by atoms with Crippen LogP contribution in [0.1, 0.15) is 41.6 Å². The van der Waals surface area contributed by atoms with E-state index < -0.39 is 17.7 Å². The number of Topliss-reactive ketones (excluding diaryl/α,β-unsaturated/α-hetero) is 1. The summed E-state index contributed by atoms with van der Waals surface area (Å²) in [5.41, 5.74) is 3.00. The minimum Gasteiger partial charge on any atom is -0.507 e. The van der Waals surface area contributed by atoms with Gasteiger partial charge in [0.2, 0.25) is 0 Å². The van der Waals surface area contributed by atoms with Gasteiger partial charge >= 0.3 is 0 Å². The lowest BCUT2D eigenvalue weighted by Crippen LogP contribution is -2.29. The molecule has 0 spiro atoms. The van der Waals surface area contributed by atoms with Crippen LogP contribution in [0.2, 0.25) is 0 Å². The maximum Gasteiger partial charge on any atom is 0.300 e. The number of hydrogen-bond acceptors (Lipinski definition) is 6. The van der Waals surface area contributed by atoms with Crippen molar-refractivity contribution in [3.63, 3.8) is 0 Å². The van der Waals surface area contributed by atoms with Gasteiger partial charge in [0.25, 0.3) is 11.7 Å². The molecule has 1 N–H and O–H groups in total. The highest BCUT2D eigenvalue weighted by molar-refractivity contribution is 6.51. The number of ketones is 1. The van der Waals surface area contributed by atoms with Crippen molar-refractivity contribution < 1.29 is 28.9 Å². The summed E-state index contributed by atoms with van der Waals surface area (Å²) in [6.45, 7) is 6.20. The zero-order valence-corrected chi connectivity index (χ0v) is 21.7. The Morgan fingerprint density at radius 2 is 1.65 bits per heavy atom. The van der Waals surface area contributed by atoms with Crippen molar-refractivity contribution in [3.05, 3.63) is 88.5 Å². The van der Waals surface area contributed by atoms with E-state index in [-0.39, 0.29) is 11.3 Å². The molecule has 37 heavy (non-hydrogen) atoms. The van der Waals surface area contributed by atoms with E-state index in [0.29, 0.717) is 46.2 Å². The molecule has 1 atom stereocenters. The SMILES string of the molecule is CCCOc1cccc(N2C(=O)C(=O)/C(=C(/O)c3cc(C)c(OC)cc3C)C2c2ccccc2OC)c1.